The van der Waals surface area contributed by atoms with Gasteiger partial charge in [0.2, 0.25) is 0 Å². The summed E-state index contributed by atoms with van der Waals surface area (Å²) in [5, 5.41) is 3.61. The first-order chi connectivity index (χ1) is 18.9. The van der Waals surface area contributed by atoms with E-state index < -0.39 is 6.09 Å². The van der Waals surface area contributed by atoms with Crippen LogP contribution in [0.3, 0.4) is 0 Å². The molecule has 0 spiro atoms. The molecule has 0 radical (unpaired) electrons. The van der Waals surface area contributed by atoms with E-state index in [1.165, 1.54) is 6.33 Å². The molecule has 1 aliphatic rings. The molecular weight excluding hydrogens is 496 g/mol. The van der Waals surface area contributed by atoms with Crippen LogP contribution in [-0.4, -0.2) is 92.1 Å². The Balaban J connectivity index is 1.55. The lowest BCUT2D eigenvalue weighted by atomic mass is 10.1. The summed E-state index contributed by atoms with van der Waals surface area (Å²) in [7, 11) is 4.04. The van der Waals surface area contributed by atoms with Crippen LogP contribution in [0, 0.1) is 13.8 Å². The lowest BCUT2D eigenvalue weighted by molar-refractivity contribution is 0.0234. The molecule has 10 nitrogen and oxygen atoms in total. The van der Waals surface area contributed by atoms with Crippen LogP contribution < -0.4 is 19.7 Å². The maximum absolute atomic E-state index is 13.6. The predicted molar refractivity (Wildman–Crippen MR) is 152 cm³/mol. The fourth-order valence-corrected chi connectivity index (χ4v) is 4.31. The summed E-state index contributed by atoms with van der Waals surface area (Å²) in [4.78, 5) is 27.9. The number of aromatic nitrogens is 2. The summed E-state index contributed by atoms with van der Waals surface area (Å²) >= 11 is 0. The summed E-state index contributed by atoms with van der Waals surface area (Å²) in [5.74, 6) is 1.83. The molecule has 0 aliphatic carbocycles. The largest absolute Gasteiger partial charge is 0.492 e. The third-order valence-corrected chi connectivity index (χ3v) is 6.50. The zero-order chi connectivity index (χ0) is 27.6. The van der Waals surface area contributed by atoms with E-state index in [1.807, 2.05) is 70.4 Å². The van der Waals surface area contributed by atoms with Gasteiger partial charge in [-0.05, 0) is 69.4 Å². The molecule has 10 heteroatoms. The molecule has 1 aromatic heterocycles. The average Bonchev–Trinajstić information content (AvgIpc) is 2.94. The Morgan fingerprint density at radius 2 is 1.79 bits per heavy atom. The van der Waals surface area contributed by atoms with Crippen molar-refractivity contribution in [1.29, 1.82) is 0 Å². The summed E-state index contributed by atoms with van der Waals surface area (Å²) in [6.07, 6.45) is 2.32. The minimum absolute atomic E-state index is 0.227. The van der Waals surface area contributed by atoms with E-state index in [-0.39, 0.29) is 6.17 Å². The zero-order valence-corrected chi connectivity index (χ0v) is 23.2. The molecule has 1 aliphatic heterocycles. The van der Waals surface area contributed by atoms with E-state index in [4.69, 9.17) is 14.2 Å². The summed E-state index contributed by atoms with van der Waals surface area (Å²) < 4.78 is 17.4. The van der Waals surface area contributed by atoms with E-state index in [1.54, 1.807) is 17.2 Å². The van der Waals surface area contributed by atoms with Crippen LogP contribution in [0.15, 0.2) is 61.1 Å². The van der Waals surface area contributed by atoms with Crippen LogP contribution in [0.2, 0.25) is 0 Å². The second kappa shape index (κ2) is 13.9. The molecular formula is C29H38N6O4. The Bertz CT molecular complexity index is 1170. The van der Waals surface area contributed by atoms with E-state index >= 15 is 0 Å². The molecule has 2 aromatic carbocycles. The molecule has 208 valence electrons. The van der Waals surface area contributed by atoms with Gasteiger partial charge in [-0.2, -0.15) is 0 Å². The number of benzene rings is 2. The topological polar surface area (TPSA) is 92.3 Å². The lowest BCUT2D eigenvalue weighted by Gasteiger charge is -2.37. The Kier molecular flexibility index (Phi) is 10.1. The van der Waals surface area contributed by atoms with E-state index in [2.05, 4.69) is 25.1 Å². The highest BCUT2D eigenvalue weighted by atomic mass is 16.6. The van der Waals surface area contributed by atoms with Gasteiger partial charge in [0.25, 0.3) is 0 Å². The van der Waals surface area contributed by atoms with Crippen molar-refractivity contribution in [3.63, 3.8) is 0 Å². The van der Waals surface area contributed by atoms with Gasteiger partial charge in [0.1, 0.15) is 30.3 Å². The second-order valence-electron chi connectivity index (χ2n) is 9.75. The van der Waals surface area contributed by atoms with Crippen LogP contribution in [0.5, 0.6) is 11.5 Å². The molecule has 1 unspecified atom stereocenters. The molecule has 2 heterocycles. The van der Waals surface area contributed by atoms with E-state index in [0.717, 1.165) is 42.2 Å². The normalized spacial score (nSPS) is 14.6. The number of para-hydroxylation sites is 1. The number of carbonyl (C=O) groups is 1. The van der Waals surface area contributed by atoms with Crippen molar-refractivity contribution in [2.45, 2.75) is 20.0 Å². The van der Waals surface area contributed by atoms with Gasteiger partial charge in [0, 0.05) is 31.5 Å². The highest BCUT2D eigenvalue weighted by molar-refractivity contribution is 5.88. The first kappa shape index (κ1) is 28.3. The minimum atomic E-state index is -0.504. The maximum atomic E-state index is 13.6. The molecule has 1 saturated heterocycles. The second-order valence-corrected chi connectivity index (χ2v) is 9.75. The Labute approximate surface area is 230 Å². The van der Waals surface area contributed by atoms with Gasteiger partial charge in [0.05, 0.1) is 25.9 Å². The minimum Gasteiger partial charge on any atom is -0.492 e. The summed E-state index contributed by atoms with van der Waals surface area (Å²) in [6.45, 7) is 8.31. The lowest BCUT2D eigenvalue weighted by Crippen LogP contribution is -2.54. The van der Waals surface area contributed by atoms with Crippen LogP contribution in [0.25, 0.3) is 0 Å². The molecule has 1 amide bonds. The maximum Gasteiger partial charge on any atom is 0.421 e. The molecule has 0 bridgehead atoms. The van der Waals surface area contributed by atoms with Crippen molar-refractivity contribution < 1.29 is 19.0 Å². The van der Waals surface area contributed by atoms with Crippen LogP contribution in [-0.2, 0) is 4.74 Å². The molecule has 3 aromatic rings. The van der Waals surface area contributed by atoms with Crippen LogP contribution >= 0.6 is 0 Å². The Hall–Kier alpha value is -3.73. The Morgan fingerprint density at radius 3 is 2.44 bits per heavy atom. The third-order valence-electron chi connectivity index (χ3n) is 6.50. The molecule has 1 fully saturated rings. The number of anilines is 2. The van der Waals surface area contributed by atoms with Gasteiger partial charge >= 0.3 is 6.09 Å². The average molecular weight is 535 g/mol. The molecule has 39 heavy (non-hydrogen) atoms. The summed E-state index contributed by atoms with van der Waals surface area (Å²) in [5.41, 5.74) is 2.70. The first-order valence-electron chi connectivity index (χ1n) is 13.2. The van der Waals surface area contributed by atoms with Gasteiger partial charge in [-0.15, -0.1) is 0 Å². The fraction of sp³-hybridized carbons (Fsp3) is 0.414. The van der Waals surface area contributed by atoms with Gasteiger partial charge in [-0.1, -0.05) is 18.2 Å². The summed E-state index contributed by atoms with van der Waals surface area (Å²) in [6, 6.07) is 15.4. The number of amides is 1. The van der Waals surface area contributed by atoms with Crippen LogP contribution in [0.4, 0.5) is 16.3 Å². The number of nitrogens with one attached hydrogen (secondary N) is 1. The predicted octanol–water partition coefficient (Wildman–Crippen LogP) is 3.81. The van der Waals surface area contributed by atoms with E-state index in [9.17, 15) is 4.79 Å². The molecule has 0 saturated carbocycles. The van der Waals surface area contributed by atoms with Crippen molar-refractivity contribution in [2.24, 2.45) is 0 Å². The molecule has 1 atom stereocenters. The number of aryl methyl sites for hydroxylation is 2. The number of hydrogen-bond acceptors (Lipinski definition) is 9. The number of rotatable bonds is 11. The van der Waals surface area contributed by atoms with Gasteiger partial charge in [0.15, 0.2) is 0 Å². The van der Waals surface area contributed by atoms with E-state index in [0.29, 0.717) is 37.9 Å². The monoisotopic (exact) mass is 534 g/mol. The molecule has 1 N–H and O–H groups in total. The first-order valence-corrected chi connectivity index (χ1v) is 13.2. The number of carbonyl (C=O) groups excluding carboxylic acids is 1. The number of likely N-dealkylation sites (N-methyl/N-ethyl adjacent to an activating group) is 1. The SMILES string of the molecule is Cc1cccc(C)c1OC(=O)N(CC(Nc1ccc(OCCN(C)C)cc1)N1CCOCC1)c1ccncn1. The quantitative estimate of drug-likeness (QED) is 0.394. The van der Waals surface area contributed by atoms with Crippen molar-refractivity contribution in [3.05, 3.63) is 72.2 Å². The fourth-order valence-electron chi connectivity index (χ4n) is 4.31. The highest BCUT2D eigenvalue weighted by Gasteiger charge is 2.29. The van der Waals surface area contributed by atoms with Gasteiger partial charge in [-0.3, -0.25) is 9.80 Å². The van der Waals surface area contributed by atoms with Crippen molar-refractivity contribution in [2.75, 3.05) is 70.3 Å². The Morgan fingerprint density at radius 1 is 1.08 bits per heavy atom. The van der Waals surface area contributed by atoms with Crippen molar-refractivity contribution >= 4 is 17.6 Å². The van der Waals surface area contributed by atoms with Crippen molar-refractivity contribution in [1.82, 2.24) is 19.8 Å². The number of nitrogens with zero attached hydrogens (tertiary/aromatic N) is 5. The standard InChI is InChI=1S/C29H38N6O4/c1-22-6-5-7-23(2)28(22)39-29(36)35(26-12-13-30-21-31-26)20-27(34-15-17-37-18-16-34)32-24-8-10-25(11-9-24)38-19-14-33(3)4/h5-13,21,27,32H,14-20H2,1-4H3. The third kappa shape index (κ3) is 8.13. The van der Waals surface area contributed by atoms with Crippen molar-refractivity contribution in [3.8, 4) is 11.5 Å². The highest BCUT2D eigenvalue weighted by Crippen LogP contribution is 2.25. The smallest absolute Gasteiger partial charge is 0.421 e. The number of ether oxygens (including phenoxy) is 3. The van der Waals surface area contributed by atoms with Gasteiger partial charge < -0.3 is 24.4 Å². The van der Waals surface area contributed by atoms with Crippen LogP contribution in [0.1, 0.15) is 11.1 Å². The van der Waals surface area contributed by atoms with Gasteiger partial charge in [-0.25, -0.2) is 14.8 Å². The molecule has 4 rings (SSSR count). The zero-order valence-electron chi connectivity index (χ0n) is 23.2. The number of morpholine rings is 1. The number of hydrogen-bond donors (Lipinski definition) is 1.